The van der Waals surface area contributed by atoms with Gasteiger partial charge in [-0.2, -0.15) is 0 Å². The topological polar surface area (TPSA) is 177 Å². The quantitative estimate of drug-likeness (QED) is 0.286. The summed E-state index contributed by atoms with van der Waals surface area (Å²) in [6.07, 6.45) is 0. The zero-order chi connectivity index (χ0) is 27.1. The molecule has 0 aliphatic heterocycles. The first kappa shape index (κ1) is 26.3. The van der Waals surface area contributed by atoms with E-state index in [2.05, 4.69) is 12.1 Å². The van der Waals surface area contributed by atoms with Crippen molar-refractivity contribution in [3.63, 3.8) is 0 Å². The number of aromatic hydroxyl groups is 1. The van der Waals surface area contributed by atoms with Gasteiger partial charge in [0.2, 0.25) is 0 Å². The number of aromatic nitrogens is 2. The van der Waals surface area contributed by atoms with Crippen molar-refractivity contribution in [2.24, 2.45) is 0 Å². The Balaban J connectivity index is 0.000000214. The molecule has 37 heavy (non-hydrogen) atoms. The van der Waals surface area contributed by atoms with Gasteiger partial charge in [-0.25, -0.2) is 4.68 Å². The van der Waals surface area contributed by atoms with Gasteiger partial charge in [-0.3, -0.25) is 39.8 Å². The van der Waals surface area contributed by atoms with Crippen LogP contribution in [-0.4, -0.2) is 29.2 Å². The average molecular weight is 507 g/mol. The molecule has 0 saturated heterocycles. The second kappa shape index (κ2) is 11.4. The highest BCUT2D eigenvalue weighted by Crippen LogP contribution is 2.38. The van der Waals surface area contributed by atoms with Gasteiger partial charge in [-0.1, -0.05) is 60.7 Å². The van der Waals surface area contributed by atoms with Crippen molar-refractivity contribution in [3.8, 4) is 5.75 Å². The van der Waals surface area contributed by atoms with Gasteiger partial charge in [0.25, 0.3) is 17.0 Å². The number of nitro groups is 3. The van der Waals surface area contributed by atoms with Crippen molar-refractivity contribution in [1.29, 1.82) is 0 Å². The maximum absolute atomic E-state index is 12.2. The number of benzene rings is 3. The number of hydrogen-bond donors (Lipinski definition) is 1. The summed E-state index contributed by atoms with van der Waals surface area (Å²) in [5.41, 5.74) is 0.357. The number of aryl methyl sites for hydroxylation is 1. The molecule has 1 N–H and O–H groups in total. The summed E-state index contributed by atoms with van der Waals surface area (Å²) >= 11 is 0. The number of non-ortho nitro benzene ring substituents is 1. The molecule has 13 nitrogen and oxygen atoms in total. The molecule has 1 aromatic heterocycles. The van der Waals surface area contributed by atoms with Crippen molar-refractivity contribution in [1.82, 2.24) is 9.36 Å². The standard InChI is InChI=1S/C18H18N2O.C6H3N3O7/c1-15-12-18(21)20(14-17-10-6-3-7-11-17)19(15)13-16-8-4-2-5-9-16;10-6-4(8(13)14)1-3(7(11)12)2-5(6)9(15)16/h2-12H,13-14H2,1H3;1-2,10H. The second-order valence-corrected chi connectivity index (χ2v) is 7.81. The molecule has 0 atom stereocenters. The minimum atomic E-state index is -1.21. The highest BCUT2D eigenvalue weighted by molar-refractivity contribution is 5.64. The minimum Gasteiger partial charge on any atom is -0.497 e. The minimum absolute atomic E-state index is 0.0484. The maximum Gasteiger partial charge on any atom is 0.324 e. The molecule has 4 aromatic rings. The van der Waals surface area contributed by atoms with Gasteiger partial charge in [-0.05, 0) is 18.1 Å². The molecule has 0 bridgehead atoms. The van der Waals surface area contributed by atoms with E-state index in [0.717, 1.165) is 11.3 Å². The van der Waals surface area contributed by atoms with Crippen LogP contribution >= 0.6 is 0 Å². The number of rotatable bonds is 7. The Hall–Kier alpha value is -5.33. The van der Waals surface area contributed by atoms with E-state index >= 15 is 0 Å². The smallest absolute Gasteiger partial charge is 0.324 e. The Morgan fingerprint density at radius 3 is 1.54 bits per heavy atom. The summed E-state index contributed by atoms with van der Waals surface area (Å²) < 4.78 is 3.85. The number of nitro benzene ring substituents is 3. The summed E-state index contributed by atoms with van der Waals surface area (Å²) in [4.78, 5) is 40.0. The highest BCUT2D eigenvalue weighted by Gasteiger charge is 2.30. The van der Waals surface area contributed by atoms with Crippen LogP contribution in [0.2, 0.25) is 0 Å². The van der Waals surface area contributed by atoms with Crippen molar-refractivity contribution >= 4 is 17.1 Å². The molecule has 0 saturated carbocycles. The molecular weight excluding hydrogens is 486 g/mol. The average Bonchev–Trinajstić information content (AvgIpc) is 3.12. The van der Waals surface area contributed by atoms with E-state index in [4.69, 9.17) is 5.11 Å². The molecule has 4 rings (SSSR count). The van der Waals surface area contributed by atoms with Gasteiger partial charge in [0, 0.05) is 11.8 Å². The molecule has 0 aliphatic carbocycles. The van der Waals surface area contributed by atoms with Gasteiger partial charge >= 0.3 is 11.4 Å². The lowest BCUT2D eigenvalue weighted by Crippen LogP contribution is -2.24. The van der Waals surface area contributed by atoms with Crippen LogP contribution in [0.4, 0.5) is 17.1 Å². The van der Waals surface area contributed by atoms with Crippen LogP contribution in [0, 0.1) is 37.3 Å². The zero-order valence-corrected chi connectivity index (χ0v) is 19.5. The summed E-state index contributed by atoms with van der Waals surface area (Å²) in [6.45, 7) is 3.29. The van der Waals surface area contributed by atoms with Gasteiger partial charge < -0.3 is 5.11 Å². The first-order chi connectivity index (χ1) is 17.6. The number of hydrogen-bond acceptors (Lipinski definition) is 8. The molecule has 1 heterocycles. The van der Waals surface area contributed by atoms with E-state index in [1.165, 1.54) is 5.56 Å². The highest BCUT2D eigenvalue weighted by atomic mass is 16.6. The Morgan fingerprint density at radius 2 is 1.14 bits per heavy atom. The predicted molar refractivity (Wildman–Crippen MR) is 133 cm³/mol. The number of nitrogens with zero attached hydrogens (tertiary/aromatic N) is 5. The first-order valence-corrected chi connectivity index (χ1v) is 10.7. The Labute approximate surface area is 208 Å². The largest absolute Gasteiger partial charge is 0.497 e. The van der Waals surface area contributed by atoms with E-state index in [0.29, 0.717) is 25.2 Å². The van der Waals surface area contributed by atoms with Crippen LogP contribution in [0.25, 0.3) is 0 Å². The lowest BCUT2D eigenvalue weighted by molar-refractivity contribution is -0.404. The number of phenolic OH excluding ortho intramolecular Hbond substituents is 1. The van der Waals surface area contributed by atoms with Crippen LogP contribution in [0.15, 0.2) is 83.7 Å². The maximum atomic E-state index is 12.2. The molecule has 0 aliphatic rings. The zero-order valence-electron chi connectivity index (χ0n) is 19.5. The Kier molecular flexibility index (Phi) is 8.09. The van der Waals surface area contributed by atoms with Crippen LogP contribution in [0.1, 0.15) is 16.8 Å². The van der Waals surface area contributed by atoms with Crippen LogP contribution < -0.4 is 5.56 Å². The second-order valence-electron chi connectivity index (χ2n) is 7.81. The summed E-state index contributed by atoms with van der Waals surface area (Å²) in [5, 5.41) is 40.2. The molecule has 0 radical (unpaired) electrons. The van der Waals surface area contributed by atoms with Crippen LogP contribution in [0.3, 0.4) is 0 Å². The molecule has 0 spiro atoms. The van der Waals surface area contributed by atoms with Crippen molar-refractivity contribution in [2.75, 3.05) is 0 Å². The SMILES string of the molecule is Cc1cc(=O)n(Cc2ccccc2)n1Cc1ccccc1.O=[N+]([O-])c1cc([N+](=O)[O-])c(O)c([N+](=O)[O-])c1. The van der Waals surface area contributed by atoms with Crippen LogP contribution in [-0.2, 0) is 13.1 Å². The lowest BCUT2D eigenvalue weighted by atomic mass is 10.2. The van der Waals surface area contributed by atoms with Crippen LogP contribution in [0.5, 0.6) is 5.75 Å². The van der Waals surface area contributed by atoms with Gasteiger partial charge in [0.1, 0.15) is 0 Å². The number of phenols is 1. The van der Waals surface area contributed by atoms with Crippen molar-refractivity contribution < 1.29 is 19.9 Å². The summed E-state index contributed by atoms with van der Waals surface area (Å²) in [6, 6.07) is 22.9. The monoisotopic (exact) mass is 507 g/mol. The van der Waals surface area contributed by atoms with E-state index in [1.54, 1.807) is 10.7 Å². The Morgan fingerprint density at radius 1 is 0.703 bits per heavy atom. The molecular formula is C24H21N5O8. The molecule has 0 fully saturated rings. The van der Waals surface area contributed by atoms with Crippen molar-refractivity contribution in [2.45, 2.75) is 20.0 Å². The molecule has 13 heteroatoms. The van der Waals surface area contributed by atoms with Gasteiger partial charge in [-0.15, -0.1) is 0 Å². The third kappa shape index (κ3) is 6.42. The fraction of sp³-hybridized carbons (Fsp3) is 0.125. The summed E-state index contributed by atoms with van der Waals surface area (Å²) in [5.74, 6) is -1.21. The van der Waals surface area contributed by atoms with Gasteiger partial charge in [0.15, 0.2) is 0 Å². The fourth-order valence-electron chi connectivity index (χ4n) is 3.50. The van der Waals surface area contributed by atoms with E-state index in [1.807, 2.05) is 60.1 Å². The molecule has 3 aromatic carbocycles. The summed E-state index contributed by atoms with van der Waals surface area (Å²) in [7, 11) is 0. The third-order valence-corrected chi connectivity index (χ3v) is 5.29. The molecule has 0 unspecified atom stereocenters. The lowest BCUT2D eigenvalue weighted by Gasteiger charge is -2.14. The van der Waals surface area contributed by atoms with Crippen molar-refractivity contribution in [3.05, 3.63) is 136 Å². The molecule has 0 amide bonds. The first-order valence-electron chi connectivity index (χ1n) is 10.7. The van der Waals surface area contributed by atoms with E-state index in [-0.39, 0.29) is 5.56 Å². The van der Waals surface area contributed by atoms with E-state index < -0.39 is 37.6 Å². The van der Waals surface area contributed by atoms with E-state index in [9.17, 15) is 35.1 Å². The predicted octanol–water partition coefficient (Wildman–Crippen LogP) is 4.17. The molecule has 190 valence electrons. The fourth-order valence-corrected chi connectivity index (χ4v) is 3.50. The Bertz CT molecular complexity index is 1460. The van der Waals surface area contributed by atoms with Gasteiger partial charge in [0.05, 0.1) is 40.0 Å². The third-order valence-electron chi connectivity index (χ3n) is 5.29. The normalized spacial score (nSPS) is 10.3.